The molecule has 2 heterocycles. The average molecular weight is 486 g/mol. The van der Waals surface area contributed by atoms with Crippen LogP contribution in [0.4, 0.5) is 4.39 Å². The van der Waals surface area contributed by atoms with Crippen LogP contribution >= 0.6 is 11.8 Å². The van der Waals surface area contributed by atoms with E-state index in [1.165, 1.54) is 31.7 Å². The molecule has 2 aromatic heterocycles. The number of halogens is 1. The number of ether oxygens (including phenoxy) is 1. The molecule has 2 fully saturated rings. The van der Waals surface area contributed by atoms with Crippen LogP contribution in [0.2, 0.25) is 0 Å². The summed E-state index contributed by atoms with van der Waals surface area (Å²) in [6.45, 7) is 6.69. The molecule has 0 spiro atoms. The number of nitrogens with zero attached hydrogens (tertiary/aromatic N) is 5. The summed E-state index contributed by atoms with van der Waals surface area (Å²) in [5.74, 6) is 5.12. The minimum absolute atomic E-state index is 0.167. The zero-order valence-electron chi connectivity index (χ0n) is 20.0. The molecule has 0 saturated heterocycles. The molecule has 5 rings (SSSR count). The van der Waals surface area contributed by atoms with Crippen molar-refractivity contribution in [3.63, 3.8) is 0 Å². The van der Waals surface area contributed by atoms with Crippen LogP contribution in [0.25, 0.3) is 0 Å². The van der Waals surface area contributed by atoms with Gasteiger partial charge in [0.05, 0.1) is 5.75 Å². The zero-order valence-corrected chi connectivity index (χ0v) is 20.8. The lowest BCUT2D eigenvalue weighted by atomic mass is 9.84. The highest BCUT2D eigenvalue weighted by molar-refractivity contribution is 7.98. The molecule has 4 atom stereocenters. The van der Waals surface area contributed by atoms with Gasteiger partial charge in [-0.25, -0.2) is 4.39 Å². The molecule has 0 amide bonds. The highest BCUT2D eigenvalue weighted by atomic mass is 32.2. The van der Waals surface area contributed by atoms with Crippen LogP contribution in [0.1, 0.15) is 70.0 Å². The number of para-hydroxylation sites is 1. The van der Waals surface area contributed by atoms with E-state index in [0.717, 1.165) is 29.2 Å². The Labute approximate surface area is 203 Å². The van der Waals surface area contributed by atoms with E-state index in [1.54, 1.807) is 30.0 Å². The Bertz CT molecular complexity index is 1120. The minimum atomic E-state index is -0.376. The van der Waals surface area contributed by atoms with E-state index >= 15 is 0 Å². The van der Waals surface area contributed by atoms with E-state index in [2.05, 4.69) is 45.7 Å². The number of rotatable bonds is 10. The first kappa shape index (κ1) is 23.3. The lowest BCUT2D eigenvalue weighted by Gasteiger charge is -2.30. The molecule has 0 unspecified atom stereocenters. The molecule has 2 aliphatic rings. The van der Waals surface area contributed by atoms with Gasteiger partial charge in [0.1, 0.15) is 6.61 Å². The SMILES string of the molecule is CC(C)Cc1nc(CSc2nnc(COc3ccccc3F)n2[C@@H](C)[C@@H]2C[C@H]3CC[C@H]2C3)no1. The molecule has 182 valence electrons. The van der Waals surface area contributed by atoms with Crippen LogP contribution in [-0.4, -0.2) is 24.9 Å². The first-order chi connectivity index (χ1) is 16.5. The summed E-state index contributed by atoms with van der Waals surface area (Å²) in [6.07, 6.45) is 6.03. The van der Waals surface area contributed by atoms with Gasteiger partial charge in [-0.1, -0.05) is 49.3 Å². The number of thioether (sulfide) groups is 1. The normalized spacial score (nSPS) is 22.6. The van der Waals surface area contributed by atoms with Gasteiger partial charge in [0.25, 0.3) is 0 Å². The maximum Gasteiger partial charge on any atom is 0.226 e. The fraction of sp³-hybridized carbons (Fsp3) is 0.600. The van der Waals surface area contributed by atoms with Gasteiger partial charge in [-0.2, -0.15) is 4.98 Å². The third-order valence-electron chi connectivity index (χ3n) is 7.17. The molecule has 3 aromatic rings. The lowest BCUT2D eigenvalue weighted by Crippen LogP contribution is -2.24. The fourth-order valence-electron chi connectivity index (χ4n) is 5.60. The summed E-state index contributed by atoms with van der Waals surface area (Å²) in [7, 11) is 0. The third kappa shape index (κ3) is 4.99. The second kappa shape index (κ2) is 10.1. The lowest BCUT2D eigenvalue weighted by molar-refractivity contribution is 0.215. The Kier molecular flexibility index (Phi) is 6.90. The van der Waals surface area contributed by atoms with Gasteiger partial charge in [0.15, 0.2) is 28.4 Å². The van der Waals surface area contributed by atoms with E-state index < -0.39 is 0 Å². The maximum atomic E-state index is 14.1. The standard InChI is InChI=1S/C25H32FN5O2S/c1-15(2)10-24-27-22(30-33-24)14-34-25-29-28-23(13-32-21-7-5-4-6-20(21)26)31(25)16(3)19-12-17-8-9-18(19)11-17/h4-7,15-19H,8-14H2,1-3H3/t16-,17-,18-,19-/m0/s1. The largest absolute Gasteiger partial charge is 0.483 e. The number of hydrogen-bond donors (Lipinski definition) is 0. The number of fused-ring (bicyclic) bond motifs is 2. The predicted molar refractivity (Wildman–Crippen MR) is 127 cm³/mol. The maximum absolute atomic E-state index is 14.1. The van der Waals surface area contributed by atoms with Crippen molar-refractivity contribution in [1.82, 2.24) is 24.9 Å². The fourth-order valence-corrected chi connectivity index (χ4v) is 6.49. The summed E-state index contributed by atoms with van der Waals surface area (Å²) in [6, 6.07) is 6.70. The van der Waals surface area contributed by atoms with Crippen molar-refractivity contribution in [2.45, 2.75) is 76.4 Å². The first-order valence-corrected chi connectivity index (χ1v) is 13.2. The molecular weight excluding hydrogens is 453 g/mol. The highest BCUT2D eigenvalue weighted by Gasteiger charge is 2.43. The number of benzene rings is 1. The number of aromatic nitrogens is 5. The second-order valence-electron chi connectivity index (χ2n) is 10.1. The summed E-state index contributed by atoms with van der Waals surface area (Å²) in [4.78, 5) is 4.52. The molecule has 0 N–H and O–H groups in total. The van der Waals surface area contributed by atoms with Gasteiger partial charge < -0.3 is 9.26 Å². The Morgan fingerprint density at radius 2 is 2.03 bits per heavy atom. The predicted octanol–water partition coefficient (Wildman–Crippen LogP) is 5.87. The minimum Gasteiger partial charge on any atom is -0.483 e. The molecule has 9 heteroatoms. The summed E-state index contributed by atoms with van der Waals surface area (Å²) in [5.41, 5.74) is 0. The van der Waals surface area contributed by atoms with Gasteiger partial charge in [-0.3, -0.25) is 4.57 Å². The Morgan fingerprint density at radius 3 is 2.76 bits per heavy atom. The molecule has 34 heavy (non-hydrogen) atoms. The van der Waals surface area contributed by atoms with Crippen molar-refractivity contribution in [2.75, 3.05) is 0 Å². The monoisotopic (exact) mass is 485 g/mol. The van der Waals surface area contributed by atoms with E-state index in [9.17, 15) is 4.39 Å². The molecule has 1 aromatic carbocycles. The van der Waals surface area contributed by atoms with Gasteiger partial charge in [0, 0.05) is 12.5 Å². The zero-order chi connectivity index (χ0) is 23.7. The van der Waals surface area contributed by atoms with Gasteiger partial charge >= 0.3 is 0 Å². The van der Waals surface area contributed by atoms with Crippen LogP contribution in [0.3, 0.4) is 0 Å². The summed E-state index contributed by atoms with van der Waals surface area (Å²) < 4.78 is 27.5. The van der Waals surface area contributed by atoms with Crippen molar-refractivity contribution >= 4 is 11.8 Å². The van der Waals surface area contributed by atoms with Gasteiger partial charge in [0.2, 0.25) is 5.89 Å². The molecule has 0 radical (unpaired) electrons. The van der Waals surface area contributed by atoms with Crippen LogP contribution in [0, 0.1) is 29.5 Å². The molecular formula is C25H32FN5O2S. The smallest absolute Gasteiger partial charge is 0.226 e. The van der Waals surface area contributed by atoms with E-state index in [-0.39, 0.29) is 24.2 Å². The Hall–Kier alpha value is -2.42. The highest BCUT2D eigenvalue weighted by Crippen LogP contribution is 2.52. The molecule has 2 bridgehead atoms. The Balaban J connectivity index is 1.34. The average Bonchev–Trinajstić information content (AvgIpc) is 3.61. The van der Waals surface area contributed by atoms with Crippen molar-refractivity contribution in [3.05, 3.63) is 47.6 Å². The summed E-state index contributed by atoms with van der Waals surface area (Å²) in [5, 5.41) is 13.9. The topological polar surface area (TPSA) is 78.9 Å². The molecule has 2 aliphatic carbocycles. The van der Waals surface area contributed by atoms with Crippen molar-refractivity contribution in [3.8, 4) is 5.75 Å². The van der Waals surface area contributed by atoms with Crippen molar-refractivity contribution in [2.24, 2.45) is 23.7 Å². The van der Waals surface area contributed by atoms with Gasteiger partial charge in [-0.05, 0) is 62.0 Å². The summed E-state index contributed by atoms with van der Waals surface area (Å²) >= 11 is 1.56. The van der Waals surface area contributed by atoms with Crippen LogP contribution in [-0.2, 0) is 18.8 Å². The second-order valence-corrected chi connectivity index (χ2v) is 11.0. The van der Waals surface area contributed by atoms with Crippen LogP contribution in [0.5, 0.6) is 5.75 Å². The van der Waals surface area contributed by atoms with Crippen molar-refractivity contribution in [1.29, 1.82) is 0 Å². The van der Waals surface area contributed by atoms with Crippen LogP contribution in [0.15, 0.2) is 33.9 Å². The van der Waals surface area contributed by atoms with Crippen LogP contribution < -0.4 is 4.74 Å². The van der Waals surface area contributed by atoms with Gasteiger partial charge in [-0.15, -0.1) is 10.2 Å². The molecule has 2 saturated carbocycles. The first-order valence-electron chi connectivity index (χ1n) is 12.2. The number of hydrogen-bond acceptors (Lipinski definition) is 7. The molecule has 0 aliphatic heterocycles. The quantitative estimate of drug-likeness (QED) is 0.332. The molecule has 7 nitrogen and oxygen atoms in total. The Morgan fingerprint density at radius 1 is 1.18 bits per heavy atom. The third-order valence-corrected chi connectivity index (χ3v) is 8.11. The van der Waals surface area contributed by atoms with E-state index in [1.807, 2.05) is 0 Å². The van der Waals surface area contributed by atoms with E-state index in [4.69, 9.17) is 9.26 Å². The van der Waals surface area contributed by atoms with Crippen molar-refractivity contribution < 1.29 is 13.7 Å². The van der Waals surface area contributed by atoms with E-state index in [0.29, 0.717) is 29.3 Å².